The number of rotatable bonds is 7. The fourth-order valence-electron chi connectivity index (χ4n) is 2.79. The molecule has 0 aromatic heterocycles. The molecular formula is C21H25NO4. The van der Waals surface area contributed by atoms with Crippen molar-refractivity contribution in [2.45, 2.75) is 38.9 Å². The molecular weight excluding hydrogens is 330 g/mol. The molecule has 3 rings (SSSR count). The number of anilines is 1. The van der Waals surface area contributed by atoms with E-state index in [9.17, 15) is 4.79 Å². The summed E-state index contributed by atoms with van der Waals surface area (Å²) in [4.78, 5) is 12.3. The van der Waals surface area contributed by atoms with Crippen molar-refractivity contribution in [3.63, 3.8) is 0 Å². The lowest BCUT2D eigenvalue weighted by molar-refractivity contribution is -0.122. The van der Waals surface area contributed by atoms with Gasteiger partial charge in [0, 0.05) is 12.3 Å². The van der Waals surface area contributed by atoms with E-state index in [2.05, 4.69) is 5.32 Å². The minimum absolute atomic E-state index is 0.189. The summed E-state index contributed by atoms with van der Waals surface area (Å²) in [5.74, 6) is 1.26. The number of ether oxygens (including phenoxy) is 3. The van der Waals surface area contributed by atoms with Gasteiger partial charge in [-0.2, -0.15) is 0 Å². The first kappa shape index (κ1) is 18.3. The lowest BCUT2D eigenvalue weighted by Gasteiger charge is -2.15. The molecule has 1 aliphatic rings. The molecule has 2 atom stereocenters. The van der Waals surface area contributed by atoms with E-state index >= 15 is 0 Å². The van der Waals surface area contributed by atoms with E-state index in [4.69, 9.17) is 14.2 Å². The van der Waals surface area contributed by atoms with E-state index in [-0.39, 0.29) is 12.0 Å². The van der Waals surface area contributed by atoms with Crippen molar-refractivity contribution in [2.24, 2.45) is 0 Å². The van der Waals surface area contributed by atoms with Crippen LogP contribution in [0.4, 0.5) is 5.69 Å². The Morgan fingerprint density at radius 1 is 1.23 bits per heavy atom. The Kier molecular flexibility index (Phi) is 6.12. The third-order valence-electron chi connectivity index (χ3n) is 4.25. The third kappa shape index (κ3) is 5.23. The molecule has 5 heteroatoms. The van der Waals surface area contributed by atoms with E-state index < -0.39 is 6.10 Å². The Morgan fingerprint density at radius 2 is 2.04 bits per heavy atom. The van der Waals surface area contributed by atoms with E-state index in [1.54, 1.807) is 6.92 Å². The van der Waals surface area contributed by atoms with Crippen LogP contribution in [-0.2, 0) is 9.53 Å². The Labute approximate surface area is 154 Å². The fraction of sp³-hybridized carbons (Fsp3) is 0.381. The van der Waals surface area contributed by atoms with Gasteiger partial charge in [-0.1, -0.05) is 12.1 Å². The maximum absolute atomic E-state index is 12.3. The fourth-order valence-corrected chi connectivity index (χ4v) is 2.79. The summed E-state index contributed by atoms with van der Waals surface area (Å²) < 4.78 is 17.0. The Bertz CT molecular complexity index is 723. The van der Waals surface area contributed by atoms with Crippen LogP contribution in [-0.4, -0.2) is 31.3 Å². The van der Waals surface area contributed by atoms with Gasteiger partial charge in [-0.05, 0) is 68.7 Å². The third-order valence-corrected chi connectivity index (χ3v) is 4.25. The van der Waals surface area contributed by atoms with Gasteiger partial charge in [0.25, 0.3) is 5.91 Å². The minimum Gasteiger partial charge on any atom is -0.491 e. The normalized spacial score (nSPS) is 17.5. The lowest BCUT2D eigenvalue weighted by Crippen LogP contribution is -2.30. The second-order valence-corrected chi connectivity index (χ2v) is 6.54. The van der Waals surface area contributed by atoms with Gasteiger partial charge in [-0.15, -0.1) is 0 Å². The number of carbonyl (C=O) groups excluding carboxylic acids is 1. The molecule has 0 spiro atoms. The number of carbonyl (C=O) groups is 1. The van der Waals surface area contributed by atoms with Crippen molar-refractivity contribution in [1.29, 1.82) is 0 Å². The summed E-state index contributed by atoms with van der Waals surface area (Å²) in [6, 6.07) is 15.0. The molecule has 1 amide bonds. The molecule has 26 heavy (non-hydrogen) atoms. The number of benzene rings is 2. The van der Waals surface area contributed by atoms with Gasteiger partial charge in [-0.25, -0.2) is 0 Å². The van der Waals surface area contributed by atoms with Crippen LogP contribution in [0.5, 0.6) is 11.5 Å². The van der Waals surface area contributed by atoms with E-state index in [1.165, 1.54) is 0 Å². The standard InChI is InChI=1S/C21H25NO4/c1-15-5-3-6-19(13-15)26-16(2)21(23)22-17-8-10-18(11-9-17)25-14-20-7-4-12-24-20/h3,5-6,8-11,13,16,20H,4,7,12,14H2,1-2H3,(H,22,23)/t16-,20+/m1/s1. The zero-order valence-electron chi connectivity index (χ0n) is 15.2. The van der Waals surface area contributed by atoms with Gasteiger partial charge < -0.3 is 19.5 Å². The van der Waals surface area contributed by atoms with Gasteiger partial charge in [0.1, 0.15) is 18.1 Å². The molecule has 0 unspecified atom stereocenters. The van der Waals surface area contributed by atoms with Crippen LogP contribution >= 0.6 is 0 Å². The van der Waals surface area contributed by atoms with Crippen LogP contribution in [0.25, 0.3) is 0 Å². The first-order valence-electron chi connectivity index (χ1n) is 8.99. The Morgan fingerprint density at radius 3 is 2.73 bits per heavy atom. The van der Waals surface area contributed by atoms with Crippen LogP contribution in [0, 0.1) is 6.92 Å². The van der Waals surface area contributed by atoms with Crippen LogP contribution < -0.4 is 14.8 Å². The largest absolute Gasteiger partial charge is 0.491 e. The highest BCUT2D eigenvalue weighted by atomic mass is 16.5. The second-order valence-electron chi connectivity index (χ2n) is 6.54. The quantitative estimate of drug-likeness (QED) is 0.817. The van der Waals surface area contributed by atoms with Crippen molar-refractivity contribution >= 4 is 11.6 Å². The molecule has 1 N–H and O–H groups in total. The molecule has 5 nitrogen and oxygen atoms in total. The van der Waals surface area contributed by atoms with Crippen molar-refractivity contribution in [2.75, 3.05) is 18.5 Å². The molecule has 2 aromatic rings. The van der Waals surface area contributed by atoms with Crippen molar-refractivity contribution in [3.05, 3.63) is 54.1 Å². The molecule has 2 aromatic carbocycles. The molecule has 0 saturated carbocycles. The van der Waals surface area contributed by atoms with Gasteiger partial charge >= 0.3 is 0 Å². The van der Waals surface area contributed by atoms with Gasteiger partial charge in [-0.3, -0.25) is 4.79 Å². The molecule has 1 fully saturated rings. The second kappa shape index (κ2) is 8.72. The van der Waals surface area contributed by atoms with Crippen molar-refractivity contribution in [3.8, 4) is 11.5 Å². The van der Waals surface area contributed by atoms with E-state index in [0.29, 0.717) is 18.0 Å². The van der Waals surface area contributed by atoms with Crippen LogP contribution in [0.15, 0.2) is 48.5 Å². The monoisotopic (exact) mass is 355 g/mol. The predicted molar refractivity (Wildman–Crippen MR) is 101 cm³/mol. The average molecular weight is 355 g/mol. The smallest absolute Gasteiger partial charge is 0.265 e. The molecule has 1 aliphatic heterocycles. The van der Waals surface area contributed by atoms with Crippen molar-refractivity contribution in [1.82, 2.24) is 0 Å². The summed E-state index contributed by atoms with van der Waals surface area (Å²) in [5.41, 5.74) is 1.80. The van der Waals surface area contributed by atoms with Crippen LogP contribution in [0.2, 0.25) is 0 Å². The van der Waals surface area contributed by atoms with Crippen LogP contribution in [0.1, 0.15) is 25.3 Å². The zero-order chi connectivity index (χ0) is 18.4. The summed E-state index contributed by atoms with van der Waals surface area (Å²) in [7, 11) is 0. The first-order valence-corrected chi connectivity index (χ1v) is 8.99. The number of aryl methyl sites for hydroxylation is 1. The molecule has 0 aliphatic carbocycles. The summed E-state index contributed by atoms with van der Waals surface area (Å²) in [5, 5.41) is 2.86. The maximum Gasteiger partial charge on any atom is 0.265 e. The Hall–Kier alpha value is -2.53. The SMILES string of the molecule is Cc1cccc(O[C@H](C)C(=O)Nc2ccc(OC[C@@H]3CCCO3)cc2)c1. The molecule has 0 radical (unpaired) electrons. The summed E-state index contributed by atoms with van der Waals surface area (Å²) in [6.45, 7) is 5.10. The maximum atomic E-state index is 12.3. The number of nitrogens with one attached hydrogen (secondary N) is 1. The Balaban J connectivity index is 1.48. The highest BCUT2D eigenvalue weighted by molar-refractivity contribution is 5.94. The molecule has 1 heterocycles. The average Bonchev–Trinajstić information content (AvgIpc) is 3.14. The van der Waals surface area contributed by atoms with Gasteiger partial charge in [0.2, 0.25) is 0 Å². The minimum atomic E-state index is -0.591. The molecule has 0 bridgehead atoms. The highest BCUT2D eigenvalue weighted by Crippen LogP contribution is 2.19. The van der Waals surface area contributed by atoms with E-state index in [1.807, 2.05) is 55.5 Å². The van der Waals surface area contributed by atoms with Gasteiger partial charge in [0.05, 0.1) is 6.10 Å². The number of amides is 1. The lowest BCUT2D eigenvalue weighted by atomic mass is 10.2. The summed E-state index contributed by atoms with van der Waals surface area (Å²) in [6.07, 6.45) is 1.75. The molecule has 138 valence electrons. The zero-order valence-corrected chi connectivity index (χ0v) is 15.2. The number of hydrogen-bond acceptors (Lipinski definition) is 4. The number of hydrogen-bond donors (Lipinski definition) is 1. The topological polar surface area (TPSA) is 56.8 Å². The molecule has 1 saturated heterocycles. The summed E-state index contributed by atoms with van der Waals surface area (Å²) >= 11 is 0. The van der Waals surface area contributed by atoms with Crippen LogP contribution in [0.3, 0.4) is 0 Å². The first-order chi connectivity index (χ1) is 12.6. The van der Waals surface area contributed by atoms with Gasteiger partial charge in [0.15, 0.2) is 6.10 Å². The highest BCUT2D eigenvalue weighted by Gasteiger charge is 2.17. The predicted octanol–water partition coefficient (Wildman–Crippen LogP) is 3.96. The van der Waals surface area contributed by atoms with Crippen molar-refractivity contribution < 1.29 is 19.0 Å². The van der Waals surface area contributed by atoms with E-state index in [0.717, 1.165) is 30.8 Å².